The number of hydrogen-bond acceptors (Lipinski definition) is 7. The highest BCUT2D eigenvalue weighted by molar-refractivity contribution is 6.04. The summed E-state index contributed by atoms with van der Waals surface area (Å²) in [5.74, 6) is 0.252. The van der Waals surface area contributed by atoms with E-state index in [1.165, 1.54) is 0 Å². The van der Waals surface area contributed by atoms with Gasteiger partial charge in [-0.2, -0.15) is 0 Å². The number of carbonyl (C=O) groups is 2. The number of aromatic nitrogens is 1. The number of nitrogens with zero attached hydrogens (tertiary/aromatic N) is 2. The highest BCUT2D eigenvalue weighted by Crippen LogP contribution is 2.30. The number of aldehydes is 1. The molecule has 0 bridgehead atoms. The lowest BCUT2D eigenvalue weighted by Crippen LogP contribution is -2.35. The zero-order valence-electron chi connectivity index (χ0n) is 19.5. The lowest BCUT2D eigenvalue weighted by molar-refractivity contribution is -0.154. The smallest absolute Gasteiger partial charge is 0.310 e. The van der Waals surface area contributed by atoms with E-state index in [4.69, 9.17) is 14.3 Å². The molecule has 0 saturated carbocycles. The van der Waals surface area contributed by atoms with Crippen LogP contribution < -0.4 is 4.74 Å². The van der Waals surface area contributed by atoms with Gasteiger partial charge in [0.1, 0.15) is 12.4 Å². The molecule has 1 aromatic heterocycles. The van der Waals surface area contributed by atoms with Crippen molar-refractivity contribution in [1.29, 1.82) is 0 Å². The van der Waals surface area contributed by atoms with E-state index in [9.17, 15) is 9.59 Å². The van der Waals surface area contributed by atoms with Crippen molar-refractivity contribution >= 4 is 28.9 Å². The van der Waals surface area contributed by atoms with Gasteiger partial charge in [0, 0.05) is 23.1 Å². The van der Waals surface area contributed by atoms with E-state index in [1.807, 2.05) is 68.4 Å². The number of fused-ring (bicyclic) bond motifs is 1. The van der Waals surface area contributed by atoms with Gasteiger partial charge in [0.25, 0.3) is 0 Å². The Kier molecular flexibility index (Phi) is 7.21. The van der Waals surface area contributed by atoms with Gasteiger partial charge in [-0.25, -0.2) is 0 Å². The van der Waals surface area contributed by atoms with Crippen LogP contribution in [0.15, 0.2) is 59.8 Å². The summed E-state index contributed by atoms with van der Waals surface area (Å²) >= 11 is 0. The molecule has 7 nitrogen and oxygen atoms in total. The van der Waals surface area contributed by atoms with Crippen LogP contribution in [0.3, 0.4) is 0 Å². The Bertz CT molecular complexity index is 1210. The lowest BCUT2D eigenvalue weighted by Gasteiger charge is -2.18. The van der Waals surface area contributed by atoms with Crippen LogP contribution in [0, 0.1) is 6.92 Å². The van der Waals surface area contributed by atoms with Crippen LogP contribution in [0.25, 0.3) is 10.9 Å². The Balaban J connectivity index is 1.38. The van der Waals surface area contributed by atoms with E-state index in [2.05, 4.69) is 10.1 Å². The third-order valence-electron chi connectivity index (χ3n) is 5.74. The predicted octanol–water partition coefficient (Wildman–Crippen LogP) is 4.92. The molecule has 1 atom stereocenters. The number of ether oxygens (including phenoxy) is 2. The second-order valence-electron chi connectivity index (χ2n) is 8.49. The fourth-order valence-electron chi connectivity index (χ4n) is 3.89. The van der Waals surface area contributed by atoms with Crippen LogP contribution in [0.1, 0.15) is 49.4 Å². The van der Waals surface area contributed by atoms with Gasteiger partial charge >= 0.3 is 5.97 Å². The standard InChI is InChI=1S/C27H28N2O5/c1-3-4-13-32-26(31)16-27(18-30)15-25(29-34-27)20-9-11-22(12-10-20)33-17-21-14-19(2)28-24-8-6-5-7-23(21)24/h5-12,14,18H,3-4,13,15-17H2,1-2H3. The average molecular weight is 461 g/mol. The summed E-state index contributed by atoms with van der Waals surface area (Å²) in [7, 11) is 0. The molecule has 0 N–H and O–H groups in total. The van der Waals surface area contributed by atoms with Crippen LogP contribution in [0.5, 0.6) is 5.75 Å². The first-order valence-corrected chi connectivity index (χ1v) is 11.5. The van der Waals surface area contributed by atoms with E-state index < -0.39 is 11.6 Å². The normalized spacial score (nSPS) is 17.2. The number of rotatable bonds is 10. The molecule has 0 amide bonds. The fourth-order valence-corrected chi connectivity index (χ4v) is 3.89. The van der Waals surface area contributed by atoms with Crippen molar-refractivity contribution in [3.8, 4) is 5.75 Å². The van der Waals surface area contributed by atoms with Crippen molar-refractivity contribution < 1.29 is 23.9 Å². The Morgan fingerprint density at radius 2 is 1.97 bits per heavy atom. The summed E-state index contributed by atoms with van der Waals surface area (Å²) in [6.07, 6.45) is 2.40. The molecule has 3 aromatic rings. The van der Waals surface area contributed by atoms with Gasteiger partial charge in [-0.15, -0.1) is 0 Å². The first-order chi connectivity index (χ1) is 16.5. The molecular weight excluding hydrogens is 432 g/mol. The number of carbonyl (C=O) groups excluding carboxylic acids is 2. The molecule has 2 aromatic carbocycles. The van der Waals surface area contributed by atoms with Gasteiger partial charge in [0.15, 0.2) is 6.29 Å². The number of hydrogen-bond donors (Lipinski definition) is 0. The molecule has 176 valence electrons. The number of aryl methyl sites for hydroxylation is 1. The lowest BCUT2D eigenvalue weighted by atomic mass is 9.92. The molecule has 0 radical (unpaired) electrons. The number of para-hydroxylation sites is 1. The second-order valence-corrected chi connectivity index (χ2v) is 8.49. The number of esters is 1. The molecule has 4 rings (SSSR count). The molecule has 0 aliphatic carbocycles. The number of pyridine rings is 1. The van der Waals surface area contributed by atoms with Crippen LogP contribution in [-0.4, -0.2) is 35.2 Å². The van der Waals surface area contributed by atoms with Gasteiger partial charge < -0.3 is 14.3 Å². The highest BCUT2D eigenvalue weighted by atomic mass is 16.7. The largest absolute Gasteiger partial charge is 0.489 e. The molecule has 1 unspecified atom stereocenters. The topological polar surface area (TPSA) is 87.1 Å². The zero-order chi connectivity index (χ0) is 24.0. The SMILES string of the molecule is CCCCOC(=O)CC1(C=O)CC(c2ccc(OCc3cc(C)nc4ccccc34)cc2)=NO1. The second kappa shape index (κ2) is 10.5. The first-order valence-electron chi connectivity index (χ1n) is 11.5. The van der Waals surface area contributed by atoms with E-state index in [1.54, 1.807) is 0 Å². The Labute approximate surface area is 198 Å². The minimum absolute atomic E-state index is 0.159. The summed E-state index contributed by atoms with van der Waals surface area (Å²) in [5.41, 5.74) is 3.07. The fraction of sp³-hybridized carbons (Fsp3) is 0.333. The third kappa shape index (κ3) is 5.42. The predicted molar refractivity (Wildman–Crippen MR) is 129 cm³/mol. The molecule has 7 heteroatoms. The molecule has 34 heavy (non-hydrogen) atoms. The van der Waals surface area contributed by atoms with Crippen molar-refractivity contribution in [2.24, 2.45) is 5.16 Å². The van der Waals surface area contributed by atoms with E-state index in [0.29, 0.717) is 31.0 Å². The highest BCUT2D eigenvalue weighted by Gasteiger charge is 2.42. The number of unbranched alkanes of at least 4 members (excludes halogenated alkanes) is 1. The summed E-state index contributed by atoms with van der Waals surface area (Å²) in [5, 5.41) is 5.15. The molecule has 1 aliphatic rings. The van der Waals surface area contributed by atoms with Crippen molar-refractivity contribution in [3.63, 3.8) is 0 Å². The zero-order valence-corrected chi connectivity index (χ0v) is 19.5. The van der Waals surface area contributed by atoms with Crippen molar-refractivity contribution in [1.82, 2.24) is 4.98 Å². The molecule has 2 heterocycles. The van der Waals surface area contributed by atoms with Crippen LogP contribution in [0.2, 0.25) is 0 Å². The molecule has 0 spiro atoms. The van der Waals surface area contributed by atoms with Gasteiger partial charge in [-0.1, -0.05) is 36.7 Å². The van der Waals surface area contributed by atoms with E-state index in [0.717, 1.165) is 40.6 Å². The quantitative estimate of drug-likeness (QED) is 0.243. The number of oxime groups is 1. The third-order valence-corrected chi connectivity index (χ3v) is 5.74. The van der Waals surface area contributed by atoms with E-state index in [-0.39, 0.29) is 12.8 Å². The van der Waals surface area contributed by atoms with E-state index >= 15 is 0 Å². The maximum absolute atomic E-state index is 12.1. The summed E-state index contributed by atoms with van der Waals surface area (Å²) in [6.45, 7) is 4.74. The maximum Gasteiger partial charge on any atom is 0.310 e. The average Bonchev–Trinajstić information content (AvgIpc) is 3.27. The van der Waals surface area contributed by atoms with Crippen LogP contribution >= 0.6 is 0 Å². The van der Waals surface area contributed by atoms with Crippen LogP contribution in [-0.2, 0) is 25.8 Å². The maximum atomic E-state index is 12.1. The van der Waals surface area contributed by atoms with Gasteiger partial charge in [-0.3, -0.25) is 14.6 Å². The van der Waals surface area contributed by atoms with Gasteiger partial charge in [0.2, 0.25) is 5.60 Å². The van der Waals surface area contributed by atoms with Crippen molar-refractivity contribution in [2.45, 2.75) is 51.7 Å². The first kappa shape index (κ1) is 23.4. The molecule has 0 saturated heterocycles. The van der Waals surface area contributed by atoms with Crippen molar-refractivity contribution in [3.05, 3.63) is 71.4 Å². The summed E-state index contributed by atoms with van der Waals surface area (Å²) in [6, 6.07) is 17.5. The minimum atomic E-state index is -1.31. The van der Waals surface area contributed by atoms with Crippen LogP contribution in [0.4, 0.5) is 0 Å². The summed E-state index contributed by atoms with van der Waals surface area (Å²) in [4.78, 5) is 33.8. The Morgan fingerprint density at radius 3 is 2.74 bits per heavy atom. The van der Waals surface area contributed by atoms with Crippen molar-refractivity contribution in [2.75, 3.05) is 6.61 Å². The number of benzene rings is 2. The molecule has 1 aliphatic heterocycles. The monoisotopic (exact) mass is 460 g/mol. The van der Waals surface area contributed by atoms with Gasteiger partial charge in [-0.05, 0) is 55.3 Å². The Morgan fingerprint density at radius 1 is 1.18 bits per heavy atom. The molecule has 0 fully saturated rings. The molecular formula is C27H28N2O5. The van der Waals surface area contributed by atoms with Gasteiger partial charge in [0.05, 0.1) is 24.3 Å². The minimum Gasteiger partial charge on any atom is -0.489 e. The Hall–Kier alpha value is -3.74. The summed E-state index contributed by atoms with van der Waals surface area (Å²) < 4.78 is 11.2.